The summed E-state index contributed by atoms with van der Waals surface area (Å²) in [5, 5.41) is 4.10. The van der Waals surface area contributed by atoms with Crippen molar-refractivity contribution in [3.8, 4) is 0 Å². The van der Waals surface area contributed by atoms with E-state index in [1.54, 1.807) is 0 Å². The molecule has 108 valence electrons. The smallest absolute Gasteiger partial charge is 0.230 e. The lowest BCUT2D eigenvalue weighted by Gasteiger charge is -2.37. The van der Waals surface area contributed by atoms with Crippen molar-refractivity contribution in [2.45, 2.75) is 19.3 Å². The number of piperidine rings is 1. The van der Waals surface area contributed by atoms with Crippen molar-refractivity contribution in [3.63, 3.8) is 0 Å². The van der Waals surface area contributed by atoms with Crippen LogP contribution in [0.4, 0.5) is 5.69 Å². The number of halogens is 1. The Kier molecular flexibility index (Phi) is 5.37. The summed E-state index contributed by atoms with van der Waals surface area (Å²) < 4.78 is 3.64. The first-order chi connectivity index (χ1) is 9.72. The van der Waals surface area contributed by atoms with E-state index in [4.69, 9.17) is 11.5 Å². The molecule has 1 aliphatic heterocycles. The summed E-state index contributed by atoms with van der Waals surface area (Å²) in [4.78, 5) is 4.11. The predicted octanol–water partition coefficient (Wildman–Crippen LogP) is 1.83. The largest absolute Gasteiger partial charge is 0.368 e. The number of nitrogens with two attached hydrogens (primary N) is 2. The number of hydrogen-bond donors (Lipinski definition) is 2. The topological polar surface area (TPSA) is 83.2 Å². The highest BCUT2D eigenvalue weighted by atomic mass is 79.9. The van der Waals surface area contributed by atoms with E-state index in [9.17, 15) is 0 Å². The fraction of sp³-hybridized carbons (Fsp3) is 0.385. The molecule has 1 aromatic carbocycles. The average Bonchev–Trinajstić information content (AvgIpc) is 2.49. The molecule has 6 nitrogen and oxygen atoms in total. The summed E-state index contributed by atoms with van der Waals surface area (Å²) in [6.07, 6.45) is 3.55. The maximum absolute atomic E-state index is 6.11. The SMILES string of the molecule is NC(=NBr)N=C(N)N(c1ccccc1)N1CCCCC1. The Morgan fingerprint density at radius 1 is 1.10 bits per heavy atom. The molecule has 1 aromatic rings. The van der Waals surface area contributed by atoms with Gasteiger partial charge in [-0.25, -0.2) is 10.0 Å². The molecule has 0 saturated carbocycles. The van der Waals surface area contributed by atoms with Crippen LogP contribution >= 0.6 is 16.1 Å². The van der Waals surface area contributed by atoms with Gasteiger partial charge >= 0.3 is 0 Å². The Hall–Kier alpha value is -1.60. The molecule has 0 amide bonds. The Labute approximate surface area is 127 Å². The minimum Gasteiger partial charge on any atom is -0.368 e. The number of anilines is 1. The van der Waals surface area contributed by atoms with E-state index in [0.29, 0.717) is 5.96 Å². The van der Waals surface area contributed by atoms with Crippen molar-refractivity contribution >= 4 is 33.8 Å². The van der Waals surface area contributed by atoms with Crippen molar-refractivity contribution in [1.29, 1.82) is 0 Å². The maximum atomic E-state index is 6.11. The van der Waals surface area contributed by atoms with Gasteiger partial charge in [-0.1, -0.05) is 24.6 Å². The Bertz CT molecular complexity index is 481. The van der Waals surface area contributed by atoms with E-state index in [1.165, 1.54) is 6.42 Å². The van der Waals surface area contributed by atoms with Crippen LogP contribution < -0.4 is 16.5 Å². The third-order valence-electron chi connectivity index (χ3n) is 3.15. The van der Waals surface area contributed by atoms with Crippen molar-refractivity contribution in [3.05, 3.63) is 30.3 Å². The fourth-order valence-electron chi connectivity index (χ4n) is 2.27. The van der Waals surface area contributed by atoms with E-state index in [2.05, 4.69) is 30.2 Å². The van der Waals surface area contributed by atoms with Crippen molar-refractivity contribution in [2.24, 2.45) is 20.5 Å². The van der Waals surface area contributed by atoms with Gasteiger partial charge in [0.2, 0.25) is 11.9 Å². The van der Waals surface area contributed by atoms with Crippen molar-refractivity contribution in [1.82, 2.24) is 5.01 Å². The van der Waals surface area contributed by atoms with Gasteiger partial charge in [-0.05, 0) is 25.0 Å². The molecular formula is C13H19BrN6. The summed E-state index contributed by atoms with van der Waals surface area (Å²) >= 11 is 2.91. The van der Waals surface area contributed by atoms with Gasteiger partial charge in [-0.15, -0.1) is 0 Å². The minimum atomic E-state index is 0.0976. The van der Waals surface area contributed by atoms with Crippen LogP contribution in [-0.2, 0) is 0 Å². The van der Waals surface area contributed by atoms with Gasteiger partial charge in [0.05, 0.1) is 21.8 Å². The fourth-order valence-corrected chi connectivity index (χ4v) is 2.35. The van der Waals surface area contributed by atoms with Crippen LogP contribution in [0.5, 0.6) is 0 Å². The molecule has 4 N–H and O–H groups in total. The second-order valence-corrected chi connectivity index (χ2v) is 4.93. The first kappa shape index (κ1) is 14.8. The quantitative estimate of drug-likeness (QED) is 0.636. The molecule has 0 unspecified atom stereocenters. The Morgan fingerprint density at radius 3 is 2.35 bits per heavy atom. The van der Waals surface area contributed by atoms with Gasteiger partial charge in [0.1, 0.15) is 0 Å². The molecule has 0 spiro atoms. The summed E-state index contributed by atoms with van der Waals surface area (Å²) in [6.45, 7) is 1.91. The number of hydrogen-bond acceptors (Lipinski definition) is 2. The van der Waals surface area contributed by atoms with Crippen LogP contribution in [0.15, 0.2) is 39.3 Å². The van der Waals surface area contributed by atoms with Gasteiger partial charge in [0.15, 0.2) is 0 Å². The second-order valence-electron chi connectivity index (χ2n) is 4.57. The van der Waals surface area contributed by atoms with Crippen molar-refractivity contribution < 1.29 is 0 Å². The Balaban J connectivity index is 2.31. The molecule has 2 rings (SSSR count). The molecular weight excluding hydrogens is 320 g/mol. The van der Waals surface area contributed by atoms with Gasteiger partial charge in [0.25, 0.3) is 0 Å². The molecule has 1 aliphatic rings. The van der Waals surface area contributed by atoms with Gasteiger partial charge < -0.3 is 11.5 Å². The first-order valence-electron chi connectivity index (χ1n) is 6.61. The first-order valence-corrected chi connectivity index (χ1v) is 7.32. The highest BCUT2D eigenvalue weighted by Gasteiger charge is 2.21. The zero-order valence-electron chi connectivity index (χ0n) is 11.2. The van der Waals surface area contributed by atoms with Gasteiger partial charge in [-0.3, -0.25) is 0 Å². The van der Waals surface area contributed by atoms with Crippen LogP contribution in [0.3, 0.4) is 0 Å². The summed E-state index contributed by atoms with van der Waals surface area (Å²) in [7, 11) is 0. The van der Waals surface area contributed by atoms with Gasteiger partial charge in [0, 0.05) is 13.1 Å². The Morgan fingerprint density at radius 2 is 1.75 bits per heavy atom. The molecule has 0 atom stereocenters. The van der Waals surface area contributed by atoms with E-state index >= 15 is 0 Å². The van der Waals surface area contributed by atoms with Crippen LogP contribution in [-0.4, -0.2) is 30.0 Å². The number of para-hydroxylation sites is 1. The van der Waals surface area contributed by atoms with Crippen LogP contribution in [0.25, 0.3) is 0 Å². The zero-order chi connectivity index (χ0) is 14.4. The lowest BCUT2D eigenvalue weighted by Crippen LogP contribution is -2.52. The lowest BCUT2D eigenvalue weighted by atomic mass is 10.1. The normalized spacial score (nSPS) is 18.1. The third kappa shape index (κ3) is 3.71. The molecule has 1 fully saturated rings. The molecule has 7 heteroatoms. The number of nitrogens with zero attached hydrogens (tertiary/aromatic N) is 4. The predicted molar refractivity (Wildman–Crippen MR) is 86.5 cm³/mol. The van der Waals surface area contributed by atoms with Crippen molar-refractivity contribution in [2.75, 3.05) is 18.1 Å². The lowest BCUT2D eigenvalue weighted by molar-refractivity contribution is 0.236. The number of rotatable bonds is 2. The number of aliphatic imine (C=N–C) groups is 1. The molecule has 1 saturated heterocycles. The van der Waals surface area contributed by atoms with E-state index < -0.39 is 0 Å². The summed E-state index contributed by atoms with van der Waals surface area (Å²) in [5.41, 5.74) is 12.7. The number of benzene rings is 1. The summed E-state index contributed by atoms with van der Waals surface area (Å²) in [6, 6.07) is 9.92. The molecule has 0 radical (unpaired) electrons. The highest BCUT2D eigenvalue weighted by Crippen LogP contribution is 2.19. The maximum Gasteiger partial charge on any atom is 0.230 e. The molecule has 1 heterocycles. The van der Waals surface area contributed by atoms with Crippen LogP contribution in [0, 0.1) is 0 Å². The highest BCUT2D eigenvalue weighted by molar-refractivity contribution is 9.08. The standard InChI is InChI=1S/C13H19BrN6/c14-18-12(15)17-13(16)20(11-7-3-1-4-8-11)19-9-5-2-6-10-19/h1,3-4,7-8H,2,5-6,9-10H2,(H4,15,16,17,18). The monoisotopic (exact) mass is 338 g/mol. The van der Waals surface area contributed by atoms with E-state index in [-0.39, 0.29) is 5.96 Å². The van der Waals surface area contributed by atoms with E-state index in [1.807, 2.05) is 35.3 Å². The molecule has 0 bridgehead atoms. The molecule has 0 aromatic heterocycles. The zero-order valence-corrected chi connectivity index (χ0v) is 12.8. The minimum absolute atomic E-state index is 0.0976. The molecule has 20 heavy (non-hydrogen) atoms. The second kappa shape index (κ2) is 7.25. The van der Waals surface area contributed by atoms with Gasteiger partial charge in [-0.2, -0.15) is 9.01 Å². The summed E-state index contributed by atoms with van der Waals surface area (Å²) in [5.74, 6) is 0.416. The number of guanidine groups is 2. The molecule has 0 aliphatic carbocycles. The third-order valence-corrected chi connectivity index (χ3v) is 3.51. The van der Waals surface area contributed by atoms with E-state index in [0.717, 1.165) is 31.6 Å². The average molecular weight is 339 g/mol. The van der Waals surface area contributed by atoms with Crippen LogP contribution in [0.2, 0.25) is 0 Å². The van der Waals surface area contributed by atoms with Crippen LogP contribution in [0.1, 0.15) is 19.3 Å². The number of hydrazine groups is 1.